The van der Waals surface area contributed by atoms with Crippen molar-refractivity contribution in [2.45, 2.75) is 0 Å². The van der Waals surface area contributed by atoms with E-state index in [1.54, 1.807) is 0 Å². The number of halogens is 3. The average Bonchev–Trinajstić information content (AvgIpc) is 1.99. The quantitative estimate of drug-likeness (QED) is 0.461. The molecule has 0 unspecified atom stereocenters. The molecular weight excluding hydrogens is 206 g/mol. The molecule has 0 saturated heterocycles. The first-order valence-corrected chi connectivity index (χ1v) is 3.44. The van der Waals surface area contributed by atoms with E-state index in [1.807, 2.05) is 0 Å². The Balaban J connectivity index is 3.08. The Labute approximate surface area is 76.2 Å². The minimum Gasteiger partial charge on any atom is -0.235 e. The van der Waals surface area contributed by atoms with E-state index in [-0.39, 0.29) is 5.02 Å². The lowest BCUT2D eigenvalue weighted by Gasteiger charge is -2.00. The highest BCUT2D eigenvalue weighted by atomic mass is 35.5. The molecule has 0 aliphatic heterocycles. The molecule has 13 heavy (non-hydrogen) atoms. The summed E-state index contributed by atoms with van der Waals surface area (Å²) in [6.07, 6.45) is 0. The Hall–Kier alpha value is -1.43. The van der Waals surface area contributed by atoms with Gasteiger partial charge in [-0.25, -0.2) is 18.9 Å². The van der Waals surface area contributed by atoms with E-state index in [2.05, 4.69) is 0 Å². The van der Waals surface area contributed by atoms with Gasteiger partial charge in [-0.05, 0) is 6.07 Å². The zero-order chi connectivity index (χ0) is 10.0. The zero-order valence-corrected chi connectivity index (χ0v) is 6.81. The van der Waals surface area contributed by atoms with E-state index in [4.69, 9.17) is 11.6 Å². The monoisotopic (exact) mass is 208 g/mol. The van der Waals surface area contributed by atoms with Crippen molar-refractivity contribution >= 4 is 17.3 Å². The van der Waals surface area contributed by atoms with Gasteiger partial charge in [0.2, 0.25) is 0 Å². The predicted molar refractivity (Wildman–Crippen MR) is 42.0 cm³/mol. The SMILES string of the molecule is O=[N+]([O-])Nc1cc(Cl)c(F)cc1F. The summed E-state index contributed by atoms with van der Waals surface area (Å²) in [6.45, 7) is 0. The van der Waals surface area contributed by atoms with Gasteiger partial charge in [-0.15, -0.1) is 5.43 Å². The third-order valence-corrected chi connectivity index (χ3v) is 1.51. The normalized spacial score (nSPS) is 9.77. The standard InChI is InChI=1S/C6H3ClF2N2O2/c7-3-1-6(10-11(12)13)5(9)2-4(3)8/h1-2,10H. The van der Waals surface area contributed by atoms with E-state index >= 15 is 0 Å². The highest BCUT2D eigenvalue weighted by Gasteiger charge is 2.11. The first-order chi connectivity index (χ1) is 6.00. The molecule has 0 bridgehead atoms. The number of hydrogen-bond acceptors (Lipinski definition) is 2. The van der Waals surface area contributed by atoms with Crippen molar-refractivity contribution < 1.29 is 13.8 Å². The third-order valence-electron chi connectivity index (χ3n) is 1.22. The number of rotatable bonds is 2. The number of nitrogens with zero attached hydrogens (tertiary/aromatic N) is 1. The van der Waals surface area contributed by atoms with Crippen molar-refractivity contribution in [1.82, 2.24) is 0 Å². The van der Waals surface area contributed by atoms with Crippen LogP contribution in [0.3, 0.4) is 0 Å². The zero-order valence-electron chi connectivity index (χ0n) is 6.05. The second kappa shape index (κ2) is 3.53. The summed E-state index contributed by atoms with van der Waals surface area (Å²) >= 11 is 5.26. The van der Waals surface area contributed by atoms with Gasteiger partial charge in [0.1, 0.15) is 11.5 Å². The highest BCUT2D eigenvalue weighted by Crippen LogP contribution is 2.22. The third kappa shape index (κ3) is 2.25. The van der Waals surface area contributed by atoms with Crippen LogP contribution in [0, 0.1) is 21.7 Å². The summed E-state index contributed by atoms with van der Waals surface area (Å²) in [5.74, 6) is -2.04. The minimum absolute atomic E-state index is 0.384. The second-order valence-corrected chi connectivity index (χ2v) is 2.52. The molecule has 4 nitrogen and oxygen atoms in total. The molecule has 0 amide bonds. The van der Waals surface area contributed by atoms with E-state index < -0.39 is 22.4 Å². The molecule has 0 radical (unpaired) electrons. The molecule has 1 aromatic carbocycles. The topological polar surface area (TPSA) is 55.2 Å². The molecule has 70 valence electrons. The Morgan fingerprint density at radius 2 is 2.00 bits per heavy atom. The maximum Gasteiger partial charge on any atom is 0.162 e. The fraction of sp³-hybridized carbons (Fsp3) is 0. The molecule has 0 atom stereocenters. The van der Waals surface area contributed by atoms with Gasteiger partial charge in [0.15, 0.2) is 10.8 Å². The molecular formula is C6H3ClF2N2O2. The molecule has 7 heteroatoms. The number of hydrogen-bond donors (Lipinski definition) is 1. The molecule has 0 saturated carbocycles. The molecule has 0 fully saturated rings. The van der Waals surface area contributed by atoms with Crippen LogP contribution in [0.25, 0.3) is 0 Å². The highest BCUT2D eigenvalue weighted by molar-refractivity contribution is 6.31. The number of benzene rings is 1. The smallest absolute Gasteiger partial charge is 0.162 e. The summed E-state index contributed by atoms with van der Waals surface area (Å²) in [5, 5.41) is 8.56. The Bertz CT molecular complexity index is 359. The lowest BCUT2D eigenvalue weighted by molar-refractivity contribution is -0.445. The average molecular weight is 209 g/mol. The van der Waals surface area contributed by atoms with Gasteiger partial charge in [-0.1, -0.05) is 11.6 Å². The summed E-state index contributed by atoms with van der Waals surface area (Å²) < 4.78 is 25.3. The van der Waals surface area contributed by atoms with Crippen LogP contribution in [-0.2, 0) is 0 Å². The first kappa shape index (κ1) is 9.66. The van der Waals surface area contributed by atoms with Crippen LogP contribution in [0.5, 0.6) is 0 Å². The summed E-state index contributed by atoms with van der Waals surface area (Å²) in [6, 6.07) is 1.27. The fourth-order valence-electron chi connectivity index (χ4n) is 0.707. The van der Waals surface area contributed by atoms with E-state index in [9.17, 15) is 18.9 Å². The Morgan fingerprint density at radius 1 is 1.38 bits per heavy atom. The van der Waals surface area contributed by atoms with Crippen molar-refractivity contribution in [3.8, 4) is 0 Å². The molecule has 0 aliphatic rings. The van der Waals surface area contributed by atoms with Crippen molar-refractivity contribution in [2.75, 3.05) is 5.43 Å². The predicted octanol–water partition coefficient (Wildman–Crippen LogP) is 2.22. The molecule has 1 rings (SSSR count). The van der Waals surface area contributed by atoms with Crippen LogP contribution in [0.2, 0.25) is 5.02 Å². The maximum atomic E-state index is 12.7. The van der Waals surface area contributed by atoms with Gasteiger partial charge in [-0.3, -0.25) is 0 Å². The number of nitrogens with one attached hydrogen (secondary N) is 1. The maximum absolute atomic E-state index is 12.7. The van der Waals surface area contributed by atoms with E-state index in [0.717, 1.165) is 6.07 Å². The Kier molecular flexibility index (Phi) is 2.62. The lowest BCUT2D eigenvalue weighted by Crippen LogP contribution is -2.09. The summed E-state index contributed by atoms with van der Waals surface area (Å²) in [5.41, 5.74) is 1.06. The van der Waals surface area contributed by atoms with Gasteiger partial charge in [-0.2, -0.15) is 0 Å². The Morgan fingerprint density at radius 3 is 2.54 bits per heavy atom. The molecule has 0 heterocycles. The number of hydrazine groups is 1. The van der Waals surface area contributed by atoms with Crippen molar-refractivity contribution in [3.63, 3.8) is 0 Å². The number of nitro groups is 1. The lowest BCUT2D eigenvalue weighted by atomic mass is 10.3. The molecule has 0 aromatic heterocycles. The van der Waals surface area contributed by atoms with Crippen molar-refractivity contribution in [1.29, 1.82) is 0 Å². The van der Waals surface area contributed by atoms with Crippen LogP contribution in [0.1, 0.15) is 0 Å². The minimum atomic E-state index is -1.07. The van der Waals surface area contributed by atoms with Gasteiger partial charge in [0.05, 0.1) is 5.02 Å². The van der Waals surface area contributed by atoms with Crippen molar-refractivity contribution in [2.24, 2.45) is 0 Å². The van der Waals surface area contributed by atoms with E-state index in [0.29, 0.717) is 6.07 Å². The van der Waals surface area contributed by atoms with Crippen LogP contribution in [0.4, 0.5) is 14.5 Å². The van der Waals surface area contributed by atoms with Gasteiger partial charge in [0, 0.05) is 6.07 Å². The number of anilines is 1. The summed E-state index contributed by atoms with van der Waals surface area (Å²) in [4.78, 5) is 9.91. The fourth-order valence-corrected chi connectivity index (χ4v) is 0.870. The van der Waals surface area contributed by atoms with Crippen molar-refractivity contribution in [3.05, 3.63) is 38.9 Å². The molecule has 1 aromatic rings. The first-order valence-electron chi connectivity index (χ1n) is 3.06. The second-order valence-electron chi connectivity index (χ2n) is 2.12. The van der Waals surface area contributed by atoms with Gasteiger partial charge in [0.25, 0.3) is 0 Å². The largest absolute Gasteiger partial charge is 0.235 e. The molecule has 1 N–H and O–H groups in total. The van der Waals surface area contributed by atoms with Gasteiger partial charge >= 0.3 is 0 Å². The molecule has 0 spiro atoms. The van der Waals surface area contributed by atoms with Gasteiger partial charge < -0.3 is 0 Å². The summed E-state index contributed by atoms with van der Waals surface area (Å²) in [7, 11) is 0. The van der Waals surface area contributed by atoms with Crippen LogP contribution < -0.4 is 5.43 Å². The van der Waals surface area contributed by atoms with Crippen LogP contribution in [-0.4, -0.2) is 5.03 Å². The van der Waals surface area contributed by atoms with Crippen LogP contribution >= 0.6 is 11.6 Å². The molecule has 0 aliphatic carbocycles. The van der Waals surface area contributed by atoms with E-state index in [1.165, 1.54) is 5.43 Å². The van der Waals surface area contributed by atoms with Crippen LogP contribution in [0.15, 0.2) is 12.1 Å².